The molecule has 2 rings (SSSR count). The van der Waals surface area contributed by atoms with Crippen molar-refractivity contribution in [2.75, 3.05) is 5.32 Å². The van der Waals surface area contributed by atoms with Crippen LogP contribution in [-0.2, 0) is 0 Å². The van der Waals surface area contributed by atoms with Crippen LogP contribution in [0.15, 0.2) is 28.7 Å². The molecule has 1 atom stereocenters. The summed E-state index contributed by atoms with van der Waals surface area (Å²) < 4.78 is 5.54. The van der Waals surface area contributed by atoms with Crippen LogP contribution in [-0.4, -0.2) is 16.2 Å². The number of hydrogen-bond donors (Lipinski definition) is 1. The lowest BCUT2D eigenvalue weighted by molar-refractivity contribution is 0.532. The maximum absolute atomic E-state index is 5.54. The van der Waals surface area contributed by atoms with Crippen LogP contribution in [0.25, 0.3) is 11.5 Å². The molecule has 0 amide bonds. The van der Waals surface area contributed by atoms with Gasteiger partial charge < -0.3 is 9.73 Å². The van der Waals surface area contributed by atoms with Gasteiger partial charge in [-0.2, -0.15) is 0 Å². The largest absolute Gasteiger partial charge is 0.421 e. The molecular weight excluding hydrogens is 262 g/mol. The van der Waals surface area contributed by atoms with Crippen LogP contribution in [0.3, 0.4) is 0 Å². The molecular formula is C17H25N3O. The molecule has 1 unspecified atom stereocenters. The van der Waals surface area contributed by atoms with E-state index in [9.17, 15) is 0 Å². The van der Waals surface area contributed by atoms with E-state index in [0.717, 1.165) is 11.3 Å². The Morgan fingerprint density at radius 1 is 1.14 bits per heavy atom. The van der Waals surface area contributed by atoms with Gasteiger partial charge in [0, 0.05) is 18.7 Å². The van der Waals surface area contributed by atoms with E-state index in [0.29, 0.717) is 17.8 Å². The van der Waals surface area contributed by atoms with Crippen LogP contribution in [0.4, 0.5) is 5.69 Å². The van der Waals surface area contributed by atoms with E-state index in [-0.39, 0.29) is 0 Å². The lowest BCUT2D eigenvalue weighted by Gasteiger charge is -2.17. The number of anilines is 1. The third-order valence-electron chi connectivity index (χ3n) is 3.58. The van der Waals surface area contributed by atoms with E-state index >= 15 is 0 Å². The Bertz CT molecular complexity index is 550. The third-order valence-corrected chi connectivity index (χ3v) is 3.58. The van der Waals surface area contributed by atoms with Crippen LogP contribution in [0.1, 0.15) is 51.8 Å². The van der Waals surface area contributed by atoms with Crippen LogP contribution < -0.4 is 5.32 Å². The fraction of sp³-hybridized carbons (Fsp3) is 0.529. The molecule has 0 aliphatic heterocycles. The van der Waals surface area contributed by atoms with Crippen molar-refractivity contribution in [1.29, 1.82) is 0 Å². The third kappa shape index (κ3) is 4.59. The van der Waals surface area contributed by atoms with E-state index in [2.05, 4.69) is 35.4 Å². The zero-order chi connectivity index (χ0) is 15.1. The van der Waals surface area contributed by atoms with Gasteiger partial charge in [0.2, 0.25) is 11.8 Å². The topological polar surface area (TPSA) is 51.0 Å². The van der Waals surface area contributed by atoms with Crippen molar-refractivity contribution in [1.82, 2.24) is 10.2 Å². The molecule has 1 aromatic heterocycles. The van der Waals surface area contributed by atoms with Crippen molar-refractivity contribution >= 4 is 5.69 Å². The molecule has 0 saturated carbocycles. The summed E-state index contributed by atoms with van der Waals surface area (Å²) in [5, 5.41) is 11.6. The highest BCUT2D eigenvalue weighted by Gasteiger charge is 2.12. The molecule has 0 radical (unpaired) electrons. The molecule has 0 saturated heterocycles. The maximum atomic E-state index is 5.54. The molecule has 0 aliphatic carbocycles. The summed E-state index contributed by atoms with van der Waals surface area (Å²) in [6.45, 7) is 6.27. The van der Waals surface area contributed by atoms with Crippen molar-refractivity contribution in [2.45, 2.75) is 58.9 Å². The fourth-order valence-corrected chi connectivity index (χ4v) is 2.42. The van der Waals surface area contributed by atoms with E-state index in [1.54, 1.807) is 0 Å². The first kappa shape index (κ1) is 15.5. The normalized spacial score (nSPS) is 12.3. The molecule has 0 aliphatic rings. The van der Waals surface area contributed by atoms with Gasteiger partial charge in [0.1, 0.15) is 0 Å². The Labute approximate surface area is 127 Å². The lowest BCUT2D eigenvalue weighted by atomic mass is 10.1. The summed E-state index contributed by atoms with van der Waals surface area (Å²) in [7, 11) is 0. The molecule has 1 heterocycles. The second kappa shape index (κ2) is 7.81. The van der Waals surface area contributed by atoms with Crippen molar-refractivity contribution < 1.29 is 4.42 Å². The average Bonchev–Trinajstić information content (AvgIpc) is 2.91. The first-order valence-electron chi connectivity index (χ1n) is 7.86. The number of rotatable bonds is 8. The Hall–Kier alpha value is -1.84. The zero-order valence-corrected chi connectivity index (χ0v) is 13.2. The molecule has 0 fully saturated rings. The first-order valence-corrected chi connectivity index (χ1v) is 7.86. The summed E-state index contributed by atoms with van der Waals surface area (Å²) in [5.41, 5.74) is 2.03. The lowest BCUT2D eigenvalue weighted by Crippen LogP contribution is -2.15. The molecule has 0 bridgehead atoms. The minimum atomic E-state index is 0.437. The molecule has 4 heteroatoms. The Kier molecular flexibility index (Phi) is 5.78. The monoisotopic (exact) mass is 287 g/mol. The molecule has 0 spiro atoms. The molecule has 2 aromatic rings. The second-order valence-corrected chi connectivity index (χ2v) is 5.57. The molecule has 1 N–H and O–H groups in total. The van der Waals surface area contributed by atoms with Gasteiger partial charge in [0.25, 0.3) is 0 Å². The summed E-state index contributed by atoms with van der Waals surface area (Å²) >= 11 is 0. The quantitative estimate of drug-likeness (QED) is 0.707. The van der Waals surface area contributed by atoms with Gasteiger partial charge in [-0.05, 0) is 25.5 Å². The van der Waals surface area contributed by atoms with Gasteiger partial charge in [0.05, 0.1) is 5.56 Å². The number of hydrogen-bond acceptors (Lipinski definition) is 4. The highest BCUT2D eigenvalue weighted by Crippen LogP contribution is 2.27. The highest BCUT2D eigenvalue weighted by molar-refractivity contribution is 5.72. The van der Waals surface area contributed by atoms with E-state index < -0.39 is 0 Å². The number of aromatic nitrogens is 2. The smallest absolute Gasteiger partial charge is 0.249 e. The van der Waals surface area contributed by atoms with E-state index in [1.165, 1.54) is 32.1 Å². The van der Waals surface area contributed by atoms with Crippen molar-refractivity contribution in [3.05, 3.63) is 30.2 Å². The van der Waals surface area contributed by atoms with Crippen molar-refractivity contribution in [2.24, 2.45) is 0 Å². The number of unbranched alkanes of at least 4 members (excludes halogenated alkanes) is 3. The van der Waals surface area contributed by atoms with Crippen molar-refractivity contribution in [3.8, 4) is 11.5 Å². The minimum Gasteiger partial charge on any atom is -0.421 e. The Morgan fingerprint density at radius 3 is 2.67 bits per heavy atom. The highest BCUT2D eigenvalue weighted by atomic mass is 16.4. The molecule has 21 heavy (non-hydrogen) atoms. The number of aryl methyl sites for hydroxylation is 1. The van der Waals surface area contributed by atoms with Gasteiger partial charge in [-0.1, -0.05) is 44.7 Å². The van der Waals surface area contributed by atoms with Gasteiger partial charge in [-0.15, -0.1) is 10.2 Å². The van der Waals surface area contributed by atoms with Gasteiger partial charge in [-0.25, -0.2) is 0 Å². The van der Waals surface area contributed by atoms with Gasteiger partial charge in [-0.3, -0.25) is 0 Å². The zero-order valence-electron chi connectivity index (χ0n) is 13.2. The van der Waals surface area contributed by atoms with E-state index in [1.807, 2.05) is 25.1 Å². The summed E-state index contributed by atoms with van der Waals surface area (Å²) in [4.78, 5) is 0. The SMILES string of the molecule is CCCCCCC(C)Nc1ccccc1-c1nnc(C)o1. The minimum absolute atomic E-state index is 0.437. The van der Waals surface area contributed by atoms with Gasteiger partial charge in [0.15, 0.2) is 0 Å². The summed E-state index contributed by atoms with van der Waals surface area (Å²) in [6.07, 6.45) is 6.36. The maximum Gasteiger partial charge on any atom is 0.249 e. The second-order valence-electron chi connectivity index (χ2n) is 5.57. The van der Waals surface area contributed by atoms with Crippen molar-refractivity contribution in [3.63, 3.8) is 0 Å². The van der Waals surface area contributed by atoms with Crippen LogP contribution >= 0.6 is 0 Å². The fourth-order valence-electron chi connectivity index (χ4n) is 2.42. The van der Waals surface area contributed by atoms with E-state index in [4.69, 9.17) is 4.42 Å². The number of para-hydroxylation sites is 1. The summed E-state index contributed by atoms with van der Waals surface area (Å²) in [5.74, 6) is 1.17. The molecule has 4 nitrogen and oxygen atoms in total. The van der Waals surface area contributed by atoms with Crippen LogP contribution in [0.2, 0.25) is 0 Å². The first-order chi connectivity index (χ1) is 10.2. The Balaban J connectivity index is 2.00. The number of nitrogens with zero attached hydrogens (tertiary/aromatic N) is 2. The van der Waals surface area contributed by atoms with Crippen LogP contribution in [0, 0.1) is 6.92 Å². The van der Waals surface area contributed by atoms with Gasteiger partial charge >= 0.3 is 0 Å². The predicted octanol–water partition coefficient (Wildman–Crippen LogP) is 4.82. The summed E-state index contributed by atoms with van der Waals surface area (Å²) in [6, 6.07) is 8.54. The van der Waals surface area contributed by atoms with Crippen LogP contribution in [0.5, 0.6) is 0 Å². The standard InChI is InChI=1S/C17H25N3O/c1-4-5-6-7-10-13(2)18-16-12-9-8-11-15(16)17-20-19-14(3)21-17/h8-9,11-13,18H,4-7,10H2,1-3H3. The number of nitrogens with one attached hydrogen (secondary N) is 1. The number of benzene rings is 1. The average molecular weight is 287 g/mol. The predicted molar refractivity (Wildman–Crippen MR) is 86.3 cm³/mol. The molecule has 1 aromatic carbocycles. The molecule has 114 valence electrons. The Morgan fingerprint density at radius 2 is 1.95 bits per heavy atom.